The van der Waals surface area contributed by atoms with Gasteiger partial charge in [-0.15, -0.1) is 0 Å². The highest BCUT2D eigenvalue weighted by atomic mass is 16.2. The van der Waals surface area contributed by atoms with Crippen LogP contribution in [0, 0.1) is 0 Å². The number of aromatic amines is 1. The summed E-state index contributed by atoms with van der Waals surface area (Å²) in [5.74, 6) is -0.387. The Morgan fingerprint density at radius 1 is 0.309 bits per heavy atom. The summed E-state index contributed by atoms with van der Waals surface area (Å²) in [4.78, 5) is 65.0. The van der Waals surface area contributed by atoms with Crippen LogP contribution < -0.4 is 9.80 Å². The molecule has 14 aromatic carbocycles. The minimum absolute atomic E-state index is 0.150. The van der Waals surface area contributed by atoms with Crippen molar-refractivity contribution in [2.45, 2.75) is 118 Å². The number of rotatable bonds is 11. The maximum atomic E-state index is 14.7. The molecule has 8 heteroatoms. The van der Waals surface area contributed by atoms with Gasteiger partial charge in [0.05, 0.1) is 16.9 Å². The molecule has 2 aromatic heterocycles. The second-order valence-electron chi connectivity index (χ2n) is 27.7. The van der Waals surface area contributed by atoms with Gasteiger partial charge in [-0.05, 0) is 176 Å². The van der Waals surface area contributed by atoms with Crippen LogP contribution in [0.3, 0.4) is 0 Å². The van der Waals surface area contributed by atoms with Gasteiger partial charge in [0.15, 0.2) is 0 Å². The molecule has 4 amide bonds. The Kier molecular flexibility index (Phi) is 13.0. The molecule has 16 aromatic rings. The standard InChI is InChI=1S/C46H42N2O2.C40H30N2O2/c1-6-7-8-11-24-47-38-19-10-9-14-33(38)41-34-18-13-17-30-31-20-22-35-43-36(23-21-32(42(31)43)37(40(30)34)25-39(41)47)46(50)48(45(35)49)44-28(26(2)3)15-12-16-29(44)27(4)5;1-20(2)22-10-7-11-23(21(3)4)38(22)42-39(43)29-17-15-25-24-12-8-13-28-34(24)31(26-16-18-30(40(42)44)37(29)36(25)26)19-33-35(28)27-9-5-6-14-32(27)41-33/h9-10,12-23,25-27H,6-8,11,24H2,1-5H3;5-21,41H,1-4H3. The lowest BCUT2D eigenvalue weighted by atomic mass is 9.83. The van der Waals surface area contributed by atoms with Crippen LogP contribution in [0.4, 0.5) is 11.4 Å². The number of hydrogen-bond donors (Lipinski definition) is 1. The number of nitrogens with one attached hydrogen (secondary N) is 1. The van der Waals surface area contributed by atoms with Crippen molar-refractivity contribution in [3.8, 4) is 0 Å². The molecule has 0 spiro atoms. The molecule has 0 unspecified atom stereocenters. The maximum Gasteiger partial charge on any atom is 0.266 e. The number of H-pyrrole nitrogens is 1. The molecule has 0 fully saturated rings. The molecule has 2 aliphatic heterocycles. The van der Waals surface area contributed by atoms with Gasteiger partial charge < -0.3 is 9.55 Å². The lowest BCUT2D eigenvalue weighted by molar-refractivity contribution is 0.0877. The van der Waals surface area contributed by atoms with Crippen LogP contribution in [-0.4, -0.2) is 33.2 Å². The summed E-state index contributed by atoms with van der Waals surface area (Å²) in [6.07, 6.45) is 4.81. The third-order valence-electron chi connectivity index (χ3n) is 21.1. The van der Waals surface area contributed by atoms with Gasteiger partial charge >= 0.3 is 0 Å². The fourth-order valence-electron chi connectivity index (χ4n) is 16.9. The Morgan fingerprint density at radius 2 is 0.702 bits per heavy atom. The van der Waals surface area contributed by atoms with E-state index in [1.165, 1.54) is 88.6 Å². The van der Waals surface area contributed by atoms with Crippen molar-refractivity contribution in [2.75, 3.05) is 9.80 Å². The first-order valence-electron chi connectivity index (χ1n) is 33.8. The van der Waals surface area contributed by atoms with Crippen molar-refractivity contribution in [2.24, 2.45) is 0 Å². The second kappa shape index (κ2) is 21.3. The number of aromatic nitrogens is 2. The highest BCUT2D eigenvalue weighted by molar-refractivity contribution is 6.46. The second-order valence-corrected chi connectivity index (χ2v) is 27.7. The molecule has 0 atom stereocenters. The number of fused-ring (bicyclic) bond motifs is 12. The van der Waals surface area contributed by atoms with E-state index in [9.17, 15) is 19.2 Å². The predicted octanol–water partition coefficient (Wildman–Crippen LogP) is 22.9. The van der Waals surface area contributed by atoms with E-state index in [1.807, 2.05) is 48.5 Å². The van der Waals surface area contributed by atoms with Gasteiger partial charge in [0.1, 0.15) is 0 Å². The SMILES string of the molecule is CC(C)c1cccc(C(C)C)c1N1C(=O)c2ccc3c4cccc5c6c(cc(c7ccc(c2c37)C1=O)c45)[nH]c1ccccc16.CCCCCCn1c2ccccc2c2c3cccc4c5ccc6c7c(ccc(c(cc21)c43)c75)C(=O)N(c1c(C(C)C)cccc1C(C)C)C6=O. The summed E-state index contributed by atoms with van der Waals surface area (Å²) < 4.78 is 2.52. The van der Waals surface area contributed by atoms with Crippen molar-refractivity contribution >= 4 is 165 Å². The van der Waals surface area contributed by atoms with E-state index in [2.05, 4.69) is 205 Å². The zero-order valence-electron chi connectivity index (χ0n) is 54.6. The van der Waals surface area contributed by atoms with Crippen LogP contribution in [-0.2, 0) is 6.54 Å². The average molecular weight is 1230 g/mol. The minimum Gasteiger partial charge on any atom is -0.354 e. The molecule has 18 rings (SSSR count). The van der Waals surface area contributed by atoms with Crippen LogP contribution in [0.15, 0.2) is 182 Å². The van der Waals surface area contributed by atoms with Gasteiger partial charge in [-0.3, -0.25) is 19.2 Å². The fraction of sp³-hybridized carbons (Fsp3) is 0.209. The molecule has 4 heterocycles. The summed E-state index contributed by atoms with van der Waals surface area (Å²) in [7, 11) is 0. The van der Waals surface area contributed by atoms with E-state index in [-0.39, 0.29) is 47.3 Å². The minimum atomic E-state index is -0.253. The van der Waals surface area contributed by atoms with Gasteiger partial charge in [0, 0.05) is 77.7 Å². The molecule has 460 valence electrons. The van der Waals surface area contributed by atoms with Gasteiger partial charge in [0.2, 0.25) is 0 Å². The molecular weight excluding hydrogens is 1150 g/mol. The zero-order chi connectivity index (χ0) is 64.4. The summed E-state index contributed by atoms with van der Waals surface area (Å²) in [6, 6.07) is 63.6. The van der Waals surface area contributed by atoms with Crippen molar-refractivity contribution < 1.29 is 19.2 Å². The van der Waals surface area contributed by atoms with Crippen LogP contribution in [0.2, 0.25) is 0 Å². The Labute approximate surface area is 545 Å². The third-order valence-corrected chi connectivity index (χ3v) is 21.1. The molecule has 0 saturated carbocycles. The zero-order valence-corrected chi connectivity index (χ0v) is 54.6. The lowest BCUT2D eigenvalue weighted by Crippen LogP contribution is -2.41. The number of benzene rings is 14. The molecular formula is C86H72N4O4. The Bertz CT molecular complexity index is 5880. The number of anilines is 2. The topological polar surface area (TPSA) is 95.5 Å². The average Bonchev–Trinajstić information content (AvgIpc) is 0.831. The maximum absolute atomic E-state index is 14.7. The number of para-hydroxylation sites is 4. The van der Waals surface area contributed by atoms with Crippen LogP contribution in [0.5, 0.6) is 0 Å². The van der Waals surface area contributed by atoms with Crippen LogP contribution in [0.1, 0.15) is 175 Å². The summed E-state index contributed by atoms with van der Waals surface area (Å²) in [6.45, 7) is 20.2. The van der Waals surface area contributed by atoms with E-state index < -0.39 is 0 Å². The third kappa shape index (κ3) is 7.98. The predicted molar refractivity (Wildman–Crippen MR) is 393 cm³/mol. The molecule has 0 saturated heterocycles. The highest BCUT2D eigenvalue weighted by Crippen LogP contribution is 2.51. The van der Waals surface area contributed by atoms with Gasteiger partial charge in [-0.1, -0.05) is 215 Å². The number of unbranched alkanes of at least 4 members (excludes halogenated alkanes) is 3. The molecule has 0 aliphatic carbocycles. The Morgan fingerprint density at radius 3 is 1.18 bits per heavy atom. The summed E-state index contributed by atoms with van der Waals surface area (Å²) in [5.41, 5.74) is 12.6. The number of hydrogen-bond acceptors (Lipinski definition) is 4. The van der Waals surface area contributed by atoms with Gasteiger partial charge in [-0.25, -0.2) is 9.80 Å². The molecule has 8 nitrogen and oxygen atoms in total. The quantitative estimate of drug-likeness (QED) is 0.0604. The number of aryl methyl sites for hydroxylation is 1. The van der Waals surface area contributed by atoms with E-state index >= 15 is 0 Å². The van der Waals surface area contributed by atoms with E-state index in [0.29, 0.717) is 22.3 Å². The van der Waals surface area contributed by atoms with E-state index in [0.717, 1.165) is 117 Å². The number of imide groups is 2. The van der Waals surface area contributed by atoms with E-state index in [4.69, 9.17) is 0 Å². The Hall–Kier alpha value is -10.4. The fourth-order valence-corrected chi connectivity index (χ4v) is 16.9. The van der Waals surface area contributed by atoms with Crippen LogP contribution >= 0.6 is 0 Å². The first-order valence-corrected chi connectivity index (χ1v) is 33.8. The van der Waals surface area contributed by atoms with Gasteiger partial charge in [0.25, 0.3) is 23.6 Å². The summed E-state index contributed by atoms with van der Waals surface area (Å²) >= 11 is 0. The number of carbonyl (C=O) groups excluding carboxylic acids is 4. The monoisotopic (exact) mass is 1220 g/mol. The number of amides is 4. The largest absolute Gasteiger partial charge is 0.354 e. The van der Waals surface area contributed by atoms with Crippen molar-refractivity contribution in [1.82, 2.24) is 9.55 Å². The van der Waals surface area contributed by atoms with E-state index in [1.54, 1.807) is 0 Å². The number of nitrogens with zero attached hydrogens (tertiary/aromatic N) is 3. The Balaban J connectivity index is 0.000000144. The first kappa shape index (κ1) is 57.5. The van der Waals surface area contributed by atoms with Crippen molar-refractivity contribution in [1.29, 1.82) is 0 Å². The highest BCUT2D eigenvalue weighted by Gasteiger charge is 2.40. The normalized spacial score (nSPS) is 13.8. The first-order chi connectivity index (χ1) is 45.7. The molecule has 2 aliphatic rings. The molecule has 0 radical (unpaired) electrons. The van der Waals surface area contributed by atoms with Crippen molar-refractivity contribution in [3.63, 3.8) is 0 Å². The molecule has 94 heavy (non-hydrogen) atoms. The smallest absolute Gasteiger partial charge is 0.266 e. The van der Waals surface area contributed by atoms with Crippen molar-refractivity contribution in [3.05, 3.63) is 226 Å². The molecule has 0 bridgehead atoms. The summed E-state index contributed by atoms with van der Waals surface area (Å²) in [5, 5.41) is 22.4. The lowest BCUT2D eigenvalue weighted by Gasteiger charge is -2.32. The van der Waals surface area contributed by atoms with Crippen LogP contribution in [0.25, 0.3) is 130 Å². The van der Waals surface area contributed by atoms with Gasteiger partial charge in [-0.2, -0.15) is 0 Å². The number of carbonyl (C=O) groups is 4. The molecule has 1 N–H and O–H groups in total.